The van der Waals surface area contributed by atoms with Crippen molar-refractivity contribution < 1.29 is 13.2 Å². The molecule has 4 rings (SSSR count). The maximum atomic E-state index is 13.9. The van der Waals surface area contributed by atoms with Gasteiger partial charge >= 0.3 is 0 Å². The normalized spacial score (nSPS) is 11.7. The first kappa shape index (κ1) is 18.2. The molecule has 1 aromatic carbocycles. The molecule has 0 saturated heterocycles. The smallest absolute Gasteiger partial charge is 0.264 e. The molecule has 0 amide bonds. The Morgan fingerprint density at radius 3 is 2.36 bits per heavy atom. The van der Waals surface area contributed by atoms with Gasteiger partial charge < -0.3 is 0 Å². The summed E-state index contributed by atoms with van der Waals surface area (Å²) in [5.41, 5.74) is 2.96. The Kier molecular flexibility index (Phi) is 4.41. The second kappa shape index (κ2) is 6.78. The number of hydrogen-bond donors (Lipinski definition) is 0. The summed E-state index contributed by atoms with van der Waals surface area (Å²) in [5.74, 6) is -0.388. The van der Waals surface area contributed by atoms with Gasteiger partial charge in [0.25, 0.3) is 6.43 Å². The molecule has 144 valence electrons. The van der Waals surface area contributed by atoms with Gasteiger partial charge in [-0.2, -0.15) is 10.2 Å². The van der Waals surface area contributed by atoms with E-state index >= 15 is 0 Å². The lowest BCUT2D eigenvalue weighted by Crippen LogP contribution is -2.00. The molecule has 0 aliphatic rings. The Balaban J connectivity index is 2.02. The van der Waals surface area contributed by atoms with Crippen LogP contribution >= 0.6 is 0 Å². The van der Waals surface area contributed by atoms with Crippen LogP contribution in [0.2, 0.25) is 0 Å². The average Bonchev–Trinajstić information content (AvgIpc) is 3.21. The van der Waals surface area contributed by atoms with Gasteiger partial charge in [-0.15, -0.1) is 0 Å². The molecule has 0 saturated carbocycles. The van der Waals surface area contributed by atoms with Crippen molar-refractivity contribution in [2.45, 2.75) is 33.7 Å². The molecular weight excluding hydrogens is 367 g/mol. The van der Waals surface area contributed by atoms with E-state index < -0.39 is 6.43 Å². The Bertz CT molecular complexity index is 1160. The van der Waals surface area contributed by atoms with Gasteiger partial charge in [-0.3, -0.25) is 4.68 Å². The van der Waals surface area contributed by atoms with Gasteiger partial charge in [0.1, 0.15) is 5.82 Å². The zero-order valence-electron chi connectivity index (χ0n) is 15.6. The van der Waals surface area contributed by atoms with Gasteiger partial charge in [-0.1, -0.05) is 0 Å². The Labute approximate surface area is 159 Å². The van der Waals surface area contributed by atoms with E-state index in [1.54, 1.807) is 17.8 Å². The van der Waals surface area contributed by atoms with E-state index in [4.69, 9.17) is 0 Å². The largest absolute Gasteiger partial charge is 0.272 e. The van der Waals surface area contributed by atoms with E-state index in [2.05, 4.69) is 15.2 Å². The van der Waals surface area contributed by atoms with Crippen LogP contribution in [0.1, 0.15) is 30.3 Å². The zero-order valence-corrected chi connectivity index (χ0v) is 15.6. The highest BCUT2D eigenvalue weighted by atomic mass is 19.3. The van der Waals surface area contributed by atoms with Gasteiger partial charge in [0.05, 0.1) is 28.2 Å². The van der Waals surface area contributed by atoms with Crippen molar-refractivity contribution >= 4 is 11.0 Å². The van der Waals surface area contributed by atoms with Crippen molar-refractivity contribution in [3.8, 4) is 16.9 Å². The highest BCUT2D eigenvalue weighted by Crippen LogP contribution is 2.34. The molecule has 0 N–H and O–H groups in total. The Morgan fingerprint density at radius 1 is 1.04 bits per heavy atom. The summed E-state index contributed by atoms with van der Waals surface area (Å²) in [7, 11) is 0. The van der Waals surface area contributed by atoms with Crippen LogP contribution in [0.4, 0.5) is 13.2 Å². The third-order valence-corrected chi connectivity index (χ3v) is 4.70. The molecule has 0 fully saturated rings. The Hall–Kier alpha value is -3.16. The number of nitrogens with zero attached hydrogens (tertiary/aromatic N) is 5. The van der Waals surface area contributed by atoms with Crippen molar-refractivity contribution in [2.75, 3.05) is 0 Å². The van der Waals surface area contributed by atoms with Crippen LogP contribution in [0.25, 0.3) is 28.0 Å². The van der Waals surface area contributed by atoms with Gasteiger partial charge in [0, 0.05) is 23.9 Å². The van der Waals surface area contributed by atoms with E-state index in [1.807, 2.05) is 13.8 Å². The summed E-state index contributed by atoms with van der Waals surface area (Å²) >= 11 is 0. The predicted molar refractivity (Wildman–Crippen MR) is 100 cm³/mol. The van der Waals surface area contributed by atoms with Gasteiger partial charge in [0.2, 0.25) is 0 Å². The van der Waals surface area contributed by atoms with Crippen LogP contribution in [-0.4, -0.2) is 24.5 Å². The molecule has 3 aromatic heterocycles. The van der Waals surface area contributed by atoms with Gasteiger partial charge in [-0.05, 0) is 51.1 Å². The lowest BCUT2D eigenvalue weighted by atomic mass is 10.1. The summed E-state index contributed by atoms with van der Waals surface area (Å²) in [6.45, 7) is 6.09. The van der Waals surface area contributed by atoms with Crippen molar-refractivity contribution in [3.63, 3.8) is 0 Å². The summed E-state index contributed by atoms with van der Waals surface area (Å²) in [4.78, 5) is 4.64. The molecular formula is C20H18F3N5. The lowest BCUT2D eigenvalue weighted by Gasteiger charge is -2.08. The van der Waals surface area contributed by atoms with Crippen LogP contribution in [0, 0.1) is 19.7 Å². The van der Waals surface area contributed by atoms with Crippen molar-refractivity contribution in [3.05, 3.63) is 59.3 Å². The minimum atomic E-state index is -2.68. The highest BCUT2D eigenvalue weighted by Gasteiger charge is 2.22. The summed E-state index contributed by atoms with van der Waals surface area (Å²) < 4.78 is 44.3. The highest BCUT2D eigenvalue weighted by molar-refractivity contribution is 5.86. The first-order valence-corrected chi connectivity index (χ1v) is 8.87. The molecule has 28 heavy (non-hydrogen) atoms. The fourth-order valence-electron chi connectivity index (χ4n) is 3.33. The SMILES string of the molecule is CCn1cc(-c2cc(C(F)F)c3c(C)nn(-c4ccc(F)cc4)c3n2)c(C)n1. The minimum absolute atomic E-state index is 0.130. The number of pyridine rings is 1. The summed E-state index contributed by atoms with van der Waals surface area (Å²) in [5, 5.41) is 9.08. The fraction of sp³-hybridized carbons (Fsp3) is 0.250. The number of rotatable bonds is 4. The monoisotopic (exact) mass is 385 g/mol. The first-order chi connectivity index (χ1) is 13.4. The molecule has 5 nitrogen and oxygen atoms in total. The number of halogens is 3. The molecule has 0 atom stereocenters. The van der Waals surface area contributed by atoms with Crippen molar-refractivity contribution in [1.82, 2.24) is 24.5 Å². The van der Waals surface area contributed by atoms with Crippen LogP contribution < -0.4 is 0 Å². The molecule has 3 heterocycles. The van der Waals surface area contributed by atoms with Crippen LogP contribution in [0.5, 0.6) is 0 Å². The van der Waals surface area contributed by atoms with Gasteiger partial charge in [0.15, 0.2) is 5.65 Å². The molecule has 0 spiro atoms. The number of aromatic nitrogens is 5. The van der Waals surface area contributed by atoms with E-state index in [9.17, 15) is 13.2 Å². The number of alkyl halides is 2. The molecule has 4 aromatic rings. The second-order valence-corrected chi connectivity index (χ2v) is 6.55. The Morgan fingerprint density at radius 2 is 1.75 bits per heavy atom. The summed E-state index contributed by atoms with van der Waals surface area (Å²) in [6.07, 6.45) is -0.889. The molecule has 0 bridgehead atoms. The number of benzene rings is 1. The number of hydrogen-bond acceptors (Lipinski definition) is 3. The molecule has 0 radical (unpaired) electrons. The van der Waals surface area contributed by atoms with Crippen molar-refractivity contribution in [1.29, 1.82) is 0 Å². The minimum Gasteiger partial charge on any atom is -0.272 e. The zero-order chi connectivity index (χ0) is 20.0. The van der Waals surface area contributed by atoms with Gasteiger partial charge in [-0.25, -0.2) is 22.8 Å². The quantitative estimate of drug-likeness (QED) is 0.497. The lowest BCUT2D eigenvalue weighted by molar-refractivity contribution is 0.153. The fourth-order valence-corrected chi connectivity index (χ4v) is 3.33. The van der Waals surface area contributed by atoms with E-state index in [1.165, 1.54) is 35.0 Å². The average molecular weight is 385 g/mol. The van der Waals surface area contributed by atoms with Crippen LogP contribution in [0.3, 0.4) is 0 Å². The van der Waals surface area contributed by atoms with E-state index in [0.717, 1.165) is 0 Å². The predicted octanol–water partition coefficient (Wildman–Crippen LogP) is 5.00. The standard InChI is InChI=1S/C20H18F3N5/c1-4-27-10-16(11(2)25-27)17-9-15(19(22)23)18-12(3)26-28(20(18)24-17)14-7-5-13(21)6-8-14/h5-10,19H,4H2,1-3H3. The second-order valence-electron chi connectivity index (χ2n) is 6.55. The molecule has 0 aliphatic carbocycles. The molecule has 0 aliphatic heterocycles. The summed E-state index contributed by atoms with van der Waals surface area (Å²) in [6, 6.07) is 7.08. The third kappa shape index (κ3) is 2.94. The number of aryl methyl sites for hydroxylation is 3. The maximum Gasteiger partial charge on any atom is 0.264 e. The number of fused-ring (bicyclic) bond motifs is 1. The first-order valence-electron chi connectivity index (χ1n) is 8.87. The van der Waals surface area contributed by atoms with E-state index in [-0.39, 0.29) is 11.4 Å². The van der Waals surface area contributed by atoms with E-state index in [0.29, 0.717) is 45.9 Å². The maximum absolute atomic E-state index is 13.9. The third-order valence-electron chi connectivity index (χ3n) is 4.70. The van der Waals surface area contributed by atoms with Crippen LogP contribution in [-0.2, 0) is 6.54 Å². The van der Waals surface area contributed by atoms with Crippen LogP contribution in [0.15, 0.2) is 36.5 Å². The van der Waals surface area contributed by atoms with Crippen molar-refractivity contribution in [2.24, 2.45) is 0 Å². The topological polar surface area (TPSA) is 48.5 Å². The molecule has 0 unspecified atom stereocenters. The molecule has 8 heteroatoms.